The molecule has 0 unspecified atom stereocenters. The summed E-state index contributed by atoms with van der Waals surface area (Å²) in [6.45, 7) is 1.58. The van der Waals surface area contributed by atoms with E-state index in [9.17, 15) is 19.5 Å². The van der Waals surface area contributed by atoms with Crippen LogP contribution in [0.3, 0.4) is 0 Å². The van der Waals surface area contributed by atoms with Crippen LogP contribution in [0, 0.1) is 6.92 Å². The number of carboxylic acid groups (broad SMARTS) is 1. The standard InChI is InChI=1S/C16H18N2O6/c1-9-3-4-10(15(21)22)12(7-9)17-13-11(16(23)24-2)8-18(5-6-19)14(13)20/h3-4,7,17,19H,5-6,8H2,1-2H3,(H,21,22). The van der Waals surface area contributed by atoms with Crippen molar-refractivity contribution in [3.05, 3.63) is 40.6 Å². The van der Waals surface area contributed by atoms with Crippen molar-refractivity contribution in [3.63, 3.8) is 0 Å². The number of β-amino-alcohol motifs (C(OH)–C–C–N with tert-alkyl or cyclic N) is 1. The molecular formula is C16H18N2O6. The highest BCUT2D eigenvalue weighted by atomic mass is 16.5. The van der Waals surface area contributed by atoms with Gasteiger partial charge in [-0.25, -0.2) is 9.59 Å². The van der Waals surface area contributed by atoms with E-state index in [4.69, 9.17) is 5.11 Å². The number of ether oxygens (including phenoxy) is 1. The molecule has 0 saturated heterocycles. The first-order valence-electron chi connectivity index (χ1n) is 7.21. The number of nitrogens with one attached hydrogen (secondary N) is 1. The van der Waals surface area contributed by atoms with E-state index in [1.165, 1.54) is 18.1 Å². The van der Waals surface area contributed by atoms with Crippen LogP contribution < -0.4 is 5.32 Å². The van der Waals surface area contributed by atoms with Crippen LogP contribution in [0.25, 0.3) is 0 Å². The van der Waals surface area contributed by atoms with Crippen molar-refractivity contribution in [3.8, 4) is 0 Å². The van der Waals surface area contributed by atoms with Crippen LogP contribution in [-0.4, -0.2) is 59.8 Å². The maximum Gasteiger partial charge on any atom is 0.337 e. The number of carboxylic acids is 1. The Morgan fingerprint density at radius 2 is 2.08 bits per heavy atom. The second-order valence-corrected chi connectivity index (χ2v) is 5.27. The molecule has 1 aromatic carbocycles. The van der Waals surface area contributed by atoms with E-state index in [0.717, 1.165) is 5.56 Å². The van der Waals surface area contributed by atoms with Crippen LogP contribution in [0.2, 0.25) is 0 Å². The van der Waals surface area contributed by atoms with E-state index in [1.54, 1.807) is 19.1 Å². The summed E-state index contributed by atoms with van der Waals surface area (Å²) in [5, 5.41) is 21.1. The number of nitrogens with zero attached hydrogens (tertiary/aromatic N) is 1. The normalized spacial score (nSPS) is 14.1. The Bertz CT molecular complexity index is 725. The van der Waals surface area contributed by atoms with Crippen molar-refractivity contribution in [2.24, 2.45) is 0 Å². The summed E-state index contributed by atoms with van der Waals surface area (Å²) in [6, 6.07) is 4.63. The molecular weight excluding hydrogens is 316 g/mol. The maximum absolute atomic E-state index is 12.4. The zero-order chi connectivity index (χ0) is 17.9. The first kappa shape index (κ1) is 17.5. The third-order valence-corrected chi connectivity index (χ3v) is 3.62. The summed E-state index contributed by atoms with van der Waals surface area (Å²) < 4.78 is 4.68. The van der Waals surface area contributed by atoms with Gasteiger partial charge in [0.15, 0.2) is 0 Å². The minimum atomic E-state index is -1.16. The molecule has 24 heavy (non-hydrogen) atoms. The van der Waals surface area contributed by atoms with E-state index in [-0.39, 0.29) is 42.2 Å². The van der Waals surface area contributed by atoms with Gasteiger partial charge in [0, 0.05) is 6.54 Å². The van der Waals surface area contributed by atoms with Crippen LogP contribution >= 0.6 is 0 Å². The van der Waals surface area contributed by atoms with Gasteiger partial charge in [-0.05, 0) is 24.6 Å². The zero-order valence-electron chi connectivity index (χ0n) is 13.3. The number of rotatable bonds is 6. The molecule has 1 aromatic rings. The molecule has 0 aromatic heterocycles. The summed E-state index contributed by atoms with van der Waals surface area (Å²) in [4.78, 5) is 37.0. The molecule has 8 heteroatoms. The van der Waals surface area contributed by atoms with Gasteiger partial charge >= 0.3 is 11.9 Å². The predicted octanol–water partition coefficient (Wildman–Crippen LogP) is 0.367. The third-order valence-electron chi connectivity index (χ3n) is 3.62. The SMILES string of the molecule is COC(=O)C1=C(Nc2cc(C)ccc2C(=O)O)C(=O)N(CCO)C1. The van der Waals surface area contributed by atoms with Gasteiger partial charge in [-0.3, -0.25) is 4.79 Å². The molecule has 128 valence electrons. The van der Waals surface area contributed by atoms with Gasteiger partial charge in [0.1, 0.15) is 5.70 Å². The Morgan fingerprint density at radius 3 is 2.67 bits per heavy atom. The van der Waals surface area contributed by atoms with E-state index >= 15 is 0 Å². The fraction of sp³-hybridized carbons (Fsp3) is 0.312. The molecule has 1 amide bonds. The van der Waals surface area contributed by atoms with E-state index in [0.29, 0.717) is 0 Å². The number of aliphatic hydroxyl groups is 1. The lowest BCUT2D eigenvalue weighted by Crippen LogP contribution is -2.31. The number of amides is 1. The molecule has 0 spiro atoms. The Balaban J connectivity index is 2.44. The Labute approximate surface area is 138 Å². The average Bonchev–Trinajstić information content (AvgIpc) is 2.84. The number of anilines is 1. The highest BCUT2D eigenvalue weighted by Crippen LogP contribution is 2.25. The fourth-order valence-corrected chi connectivity index (χ4v) is 2.43. The topological polar surface area (TPSA) is 116 Å². The molecule has 0 bridgehead atoms. The number of carbonyl (C=O) groups excluding carboxylic acids is 2. The minimum Gasteiger partial charge on any atom is -0.478 e. The predicted molar refractivity (Wildman–Crippen MR) is 84.5 cm³/mol. The Morgan fingerprint density at radius 1 is 1.38 bits per heavy atom. The average molecular weight is 334 g/mol. The quantitative estimate of drug-likeness (QED) is 0.643. The summed E-state index contributed by atoms with van der Waals surface area (Å²) in [7, 11) is 1.20. The van der Waals surface area contributed by atoms with Crippen molar-refractivity contribution in [1.29, 1.82) is 0 Å². The van der Waals surface area contributed by atoms with Crippen molar-refractivity contribution >= 4 is 23.5 Å². The van der Waals surface area contributed by atoms with Gasteiger partial charge in [-0.15, -0.1) is 0 Å². The van der Waals surface area contributed by atoms with Crippen LogP contribution in [-0.2, 0) is 14.3 Å². The molecule has 0 aliphatic carbocycles. The second-order valence-electron chi connectivity index (χ2n) is 5.27. The molecule has 1 aliphatic rings. The first-order chi connectivity index (χ1) is 11.4. The van der Waals surface area contributed by atoms with Crippen LogP contribution in [0.15, 0.2) is 29.5 Å². The van der Waals surface area contributed by atoms with Crippen LogP contribution in [0.5, 0.6) is 0 Å². The van der Waals surface area contributed by atoms with Gasteiger partial charge in [0.05, 0.1) is 37.1 Å². The number of hydrogen-bond donors (Lipinski definition) is 3. The number of aromatic carboxylic acids is 1. The highest BCUT2D eigenvalue weighted by Gasteiger charge is 2.34. The summed E-state index contributed by atoms with van der Waals surface area (Å²) in [6.07, 6.45) is 0. The van der Waals surface area contributed by atoms with Gasteiger partial charge < -0.3 is 25.2 Å². The van der Waals surface area contributed by atoms with E-state index < -0.39 is 17.8 Å². The molecule has 0 radical (unpaired) electrons. The number of esters is 1. The number of methoxy groups -OCH3 is 1. The number of aryl methyl sites for hydroxylation is 1. The minimum absolute atomic E-state index is 0.0113. The first-order valence-corrected chi connectivity index (χ1v) is 7.21. The van der Waals surface area contributed by atoms with Crippen molar-refractivity contribution in [1.82, 2.24) is 4.90 Å². The highest BCUT2D eigenvalue weighted by molar-refractivity contribution is 6.09. The van der Waals surface area contributed by atoms with Crippen LogP contribution in [0.1, 0.15) is 15.9 Å². The van der Waals surface area contributed by atoms with Crippen molar-refractivity contribution < 1.29 is 29.3 Å². The molecule has 0 saturated carbocycles. The van der Waals surface area contributed by atoms with Crippen molar-refractivity contribution in [2.45, 2.75) is 6.92 Å². The fourth-order valence-electron chi connectivity index (χ4n) is 2.43. The summed E-state index contributed by atoms with van der Waals surface area (Å²) in [5.74, 6) is -2.34. The van der Waals surface area contributed by atoms with Crippen molar-refractivity contribution in [2.75, 3.05) is 32.1 Å². The monoisotopic (exact) mass is 334 g/mol. The molecule has 8 nitrogen and oxygen atoms in total. The summed E-state index contributed by atoms with van der Waals surface area (Å²) in [5.41, 5.74) is 1.03. The molecule has 3 N–H and O–H groups in total. The molecule has 1 aliphatic heterocycles. The lowest BCUT2D eigenvalue weighted by Gasteiger charge is -2.15. The van der Waals surface area contributed by atoms with E-state index in [2.05, 4.69) is 10.1 Å². The number of carbonyl (C=O) groups is 3. The van der Waals surface area contributed by atoms with Gasteiger partial charge in [0.2, 0.25) is 0 Å². The van der Waals surface area contributed by atoms with Gasteiger partial charge in [-0.2, -0.15) is 0 Å². The smallest absolute Gasteiger partial charge is 0.337 e. The van der Waals surface area contributed by atoms with Gasteiger partial charge in [-0.1, -0.05) is 6.07 Å². The Kier molecular flexibility index (Phi) is 5.20. The lowest BCUT2D eigenvalue weighted by molar-refractivity contribution is -0.136. The van der Waals surface area contributed by atoms with Crippen LogP contribution in [0.4, 0.5) is 5.69 Å². The Hall–Kier alpha value is -2.87. The molecule has 0 atom stereocenters. The number of aliphatic hydroxyl groups excluding tert-OH is 1. The summed E-state index contributed by atoms with van der Waals surface area (Å²) >= 11 is 0. The van der Waals surface area contributed by atoms with E-state index in [1.807, 2.05) is 0 Å². The largest absolute Gasteiger partial charge is 0.478 e. The van der Waals surface area contributed by atoms with Gasteiger partial charge in [0.25, 0.3) is 5.91 Å². The lowest BCUT2D eigenvalue weighted by atomic mass is 10.1. The second kappa shape index (κ2) is 7.14. The maximum atomic E-state index is 12.4. The number of benzene rings is 1. The molecule has 0 fully saturated rings. The zero-order valence-corrected chi connectivity index (χ0v) is 13.3. The molecule has 1 heterocycles. The number of hydrogen-bond acceptors (Lipinski definition) is 6. The third kappa shape index (κ3) is 3.38. The molecule has 2 rings (SSSR count).